The number of benzene rings is 1. The molecule has 1 aromatic carbocycles. The summed E-state index contributed by atoms with van der Waals surface area (Å²) in [6, 6.07) is 4.16. The fraction of sp³-hybridized carbons (Fsp3) is 0.522. The number of rotatable bonds is 5. The van der Waals surface area contributed by atoms with Crippen molar-refractivity contribution in [1.29, 1.82) is 0 Å². The molecule has 2 N–H and O–H groups in total. The maximum atomic E-state index is 14.3. The molecule has 5 rings (SSSR count). The minimum atomic E-state index is -0.645. The lowest BCUT2D eigenvalue weighted by Crippen LogP contribution is -2.23. The summed E-state index contributed by atoms with van der Waals surface area (Å²) in [5, 5.41) is 6.57. The molecule has 2 saturated carbocycles. The first-order chi connectivity index (χ1) is 15.2. The molecule has 0 radical (unpaired) electrons. The predicted molar refractivity (Wildman–Crippen MR) is 118 cm³/mol. The summed E-state index contributed by atoms with van der Waals surface area (Å²) in [5.74, 6) is -0.103. The van der Waals surface area contributed by atoms with E-state index in [9.17, 15) is 8.78 Å². The van der Waals surface area contributed by atoms with Gasteiger partial charge in [-0.15, -0.1) is 0 Å². The van der Waals surface area contributed by atoms with Crippen LogP contribution in [-0.2, 0) is 0 Å². The molecule has 0 spiro atoms. The number of halogens is 2. The van der Waals surface area contributed by atoms with Gasteiger partial charge in [0.25, 0.3) is 0 Å². The number of hydrogen-bond acceptors (Lipinski definition) is 5. The van der Waals surface area contributed by atoms with Crippen LogP contribution >= 0.6 is 0 Å². The molecule has 8 heteroatoms. The molecule has 0 bridgehead atoms. The Kier molecular flexibility index (Phi) is 5.70. The number of nitrogens with zero attached hydrogens (tertiary/aromatic N) is 4. The van der Waals surface area contributed by atoms with Crippen LogP contribution in [0.3, 0.4) is 0 Å². The fourth-order valence-corrected chi connectivity index (χ4v) is 4.87. The average molecular weight is 427 g/mol. The average Bonchev–Trinajstić information content (AvgIpc) is 3.14. The summed E-state index contributed by atoms with van der Waals surface area (Å²) in [6.45, 7) is 0. The first-order valence-corrected chi connectivity index (χ1v) is 11.4. The smallest absolute Gasteiger partial charge is 0.224 e. The van der Waals surface area contributed by atoms with E-state index >= 15 is 0 Å². The molecule has 2 aromatic heterocycles. The number of hydrogen-bond donors (Lipinski definition) is 2. The number of nitrogens with one attached hydrogen (secondary N) is 2. The zero-order chi connectivity index (χ0) is 21.2. The van der Waals surface area contributed by atoms with Crippen molar-refractivity contribution < 1.29 is 8.78 Å². The molecule has 0 aliphatic heterocycles. The van der Waals surface area contributed by atoms with Crippen LogP contribution in [0.25, 0.3) is 11.2 Å². The standard InChI is InChI=1S/C23H28F2N6/c24-15-11-12-19(18(25)13-15)28-23-29-20-14-26-22(27-16-7-3-1-4-8-16)30-21(20)31(23)17-9-5-2-6-10-17/h11-14,16-17H,1-10H2,(H,28,29)(H,26,27,30). The monoisotopic (exact) mass is 426 g/mol. The molecule has 0 amide bonds. The van der Waals surface area contributed by atoms with Crippen LogP contribution in [0.15, 0.2) is 24.4 Å². The molecule has 2 aliphatic carbocycles. The van der Waals surface area contributed by atoms with Gasteiger partial charge in [-0.05, 0) is 37.8 Å². The molecule has 31 heavy (non-hydrogen) atoms. The van der Waals surface area contributed by atoms with Crippen LogP contribution in [0.1, 0.15) is 70.3 Å². The Morgan fingerprint density at radius 2 is 1.65 bits per heavy atom. The van der Waals surface area contributed by atoms with Crippen molar-refractivity contribution in [2.75, 3.05) is 10.6 Å². The van der Waals surface area contributed by atoms with Gasteiger partial charge in [-0.25, -0.2) is 18.7 Å². The second-order valence-corrected chi connectivity index (χ2v) is 8.73. The van der Waals surface area contributed by atoms with Crippen molar-refractivity contribution in [2.45, 2.75) is 76.3 Å². The second-order valence-electron chi connectivity index (χ2n) is 8.73. The number of aromatic nitrogens is 4. The normalized spacial score (nSPS) is 18.4. The highest BCUT2D eigenvalue weighted by Gasteiger charge is 2.24. The summed E-state index contributed by atoms with van der Waals surface area (Å²) in [4.78, 5) is 14.0. The van der Waals surface area contributed by atoms with Crippen LogP contribution in [0, 0.1) is 11.6 Å². The molecule has 0 unspecified atom stereocenters. The molecule has 2 aliphatic rings. The molecular weight excluding hydrogens is 398 g/mol. The molecule has 2 fully saturated rings. The van der Waals surface area contributed by atoms with E-state index in [1.807, 2.05) is 0 Å². The Morgan fingerprint density at radius 3 is 2.39 bits per heavy atom. The maximum Gasteiger partial charge on any atom is 0.224 e. The maximum absolute atomic E-state index is 14.3. The van der Waals surface area contributed by atoms with Crippen LogP contribution in [0.5, 0.6) is 0 Å². The van der Waals surface area contributed by atoms with Gasteiger partial charge < -0.3 is 10.6 Å². The van der Waals surface area contributed by atoms with Crippen molar-refractivity contribution in [3.8, 4) is 0 Å². The van der Waals surface area contributed by atoms with E-state index in [1.165, 1.54) is 37.8 Å². The van der Waals surface area contributed by atoms with Crippen molar-refractivity contribution in [3.63, 3.8) is 0 Å². The largest absolute Gasteiger partial charge is 0.351 e. The van der Waals surface area contributed by atoms with E-state index in [-0.39, 0.29) is 11.7 Å². The van der Waals surface area contributed by atoms with Gasteiger partial charge in [-0.2, -0.15) is 4.98 Å². The first-order valence-electron chi connectivity index (χ1n) is 11.4. The van der Waals surface area contributed by atoms with Crippen LogP contribution in [0.2, 0.25) is 0 Å². The molecular formula is C23H28F2N6. The van der Waals surface area contributed by atoms with Gasteiger partial charge in [0.1, 0.15) is 17.2 Å². The van der Waals surface area contributed by atoms with Crippen LogP contribution in [0.4, 0.5) is 26.4 Å². The Morgan fingerprint density at radius 1 is 0.903 bits per heavy atom. The van der Waals surface area contributed by atoms with Crippen LogP contribution in [-0.4, -0.2) is 25.6 Å². The summed E-state index contributed by atoms with van der Waals surface area (Å²) in [5.41, 5.74) is 1.62. The quantitative estimate of drug-likeness (QED) is 0.516. The lowest BCUT2D eigenvalue weighted by Gasteiger charge is -2.25. The van der Waals surface area contributed by atoms with Gasteiger partial charge in [0.15, 0.2) is 5.65 Å². The lowest BCUT2D eigenvalue weighted by atomic mass is 9.95. The van der Waals surface area contributed by atoms with E-state index < -0.39 is 11.6 Å². The van der Waals surface area contributed by atoms with Crippen molar-refractivity contribution in [3.05, 3.63) is 36.0 Å². The van der Waals surface area contributed by atoms with Crippen molar-refractivity contribution in [2.24, 2.45) is 0 Å². The lowest BCUT2D eigenvalue weighted by molar-refractivity contribution is 0.361. The number of anilines is 3. The molecule has 3 aromatic rings. The molecule has 2 heterocycles. The van der Waals surface area contributed by atoms with Gasteiger partial charge in [0, 0.05) is 18.2 Å². The zero-order valence-electron chi connectivity index (χ0n) is 17.6. The van der Waals surface area contributed by atoms with Gasteiger partial charge in [0.2, 0.25) is 11.9 Å². The van der Waals surface area contributed by atoms with E-state index in [0.29, 0.717) is 23.5 Å². The third-order valence-corrected chi connectivity index (χ3v) is 6.49. The SMILES string of the molecule is Fc1ccc(Nc2nc3cnc(NC4CCCCC4)nc3n2C2CCCCC2)c(F)c1. The summed E-state index contributed by atoms with van der Waals surface area (Å²) >= 11 is 0. The Labute approximate surface area is 180 Å². The van der Waals surface area contributed by atoms with Gasteiger partial charge >= 0.3 is 0 Å². The number of imidazole rings is 1. The van der Waals surface area contributed by atoms with Crippen molar-refractivity contribution in [1.82, 2.24) is 19.5 Å². The summed E-state index contributed by atoms with van der Waals surface area (Å²) in [7, 11) is 0. The first kappa shape index (κ1) is 20.2. The zero-order valence-corrected chi connectivity index (χ0v) is 17.6. The molecule has 164 valence electrons. The Bertz CT molecular complexity index is 1050. The highest BCUT2D eigenvalue weighted by atomic mass is 19.1. The minimum Gasteiger partial charge on any atom is -0.351 e. The topological polar surface area (TPSA) is 67.7 Å². The predicted octanol–water partition coefficient (Wildman–Crippen LogP) is 6.10. The Balaban J connectivity index is 1.52. The molecule has 0 saturated heterocycles. The van der Waals surface area contributed by atoms with E-state index in [0.717, 1.165) is 50.2 Å². The third-order valence-electron chi connectivity index (χ3n) is 6.49. The molecule has 0 atom stereocenters. The van der Waals surface area contributed by atoms with Gasteiger partial charge in [0.05, 0.1) is 11.9 Å². The summed E-state index contributed by atoms with van der Waals surface area (Å²) in [6.07, 6.45) is 13.3. The molecule has 6 nitrogen and oxygen atoms in total. The fourth-order valence-electron chi connectivity index (χ4n) is 4.87. The Hall–Kier alpha value is -2.77. The summed E-state index contributed by atoms with van der Waals surface area (Å²) < 4.78 is 29.7. The van der Waals surface area contributed by atoms with E-state index in [1.54, 1.807) is 6.20 Å². The van der Waals surface area contributed by atoms with E-state index in [4.69, 9.17) is 4.98 Å². The second kappa shape index (κ2) is 8.77. The van der Waals surface area contributed by atoms with E-state index in [2.05, 4.69) is 25.2 Å². The number of fused-ring (bicyclic) bond motifs is 1. The van der Waals surface area contributed by atoms with Gasteiger partial charge in [-0.1, -0.05) is 38.5 Å². The van der Waals surface area contributed by atoms with Gasteiger partial charge in [-0.3, -0.25) is 4.57 Å². The van der Waals surface area contributed by atoms with Crippen molar-refractivity contribution >= 4 is 28.7 Å². The third kappa shape index (κ3) is 4.34. The highest BCUT2D eigenvalue weighted by Crippen LogP contribution is 2.35. The van der Waals surface area contributed by atoms with Crippen LogP contribution < -0.4 is 10.6 Å². The minimum absolute atomic E-state index is 0.197. The highest BCUT2D eigenvalue weighted by molar-refractivity contribution is 5.76.